The number of amides is 1. The molecular formula is C18H28N4O. The molecule has 2 aliphatic heterocycles. The summed E-state index contributed by atoms with van der Waals surface area (Å²) in [4.78, 5) is 24.2. The lowest BCUT2D eigenvalue weighted by Gasteiger charge is -2.37. The van der Waals surface area contributed by atoms with E-state index in [2.05, 4.69) is 35.7 Å². The lowest BCUT2D eigenvalue weighted by Crippen LogP contribution is -2.46. The van der Waals surface area contributed by atoms with E-state index in [0.29, 0.717) is 11.8 Å². The first kappa shape index (κ1) is 16.2. The van der Waals surface area contributed by atoms with Gasteiger partial charge in [0, 0.05) is 45.5 Å². The second-order valence-electron chi connectivity index (χ2n) is 7.32. The zero-order valence-corrected chi connectivity index (χ0v) is 14.5. The molecule has 2 aliphatic rings. The first-order chi connectivity index (χ1) is 11.0. The number of pyridine rings is 1. The van der Waals surface area contributed by atoms with Gasteiger partial charge in [-0.15, -0.1) is 0 Å². The summed E-state index contributed by atoms with van der Waals surface area (Å²) in [7, 11) is 2.14. The molecule has 0 bridgehead atoms. The van der Waals surface area contributed by atoms with E-state index in [9.17, 15) is 4.79 Å². The van der Waals surface area contributed by atoms with Gasteiger partial charge in [0.15, 0.2) is 0 Å². The molecule has 1 amide bonds. The average molecular weight is 316 g/mol. The molecule has 23 heavy (non-hydrogen) atoms. The van der Waals surface area contributed by atoms with E-state index in [1.807, 2.05) is 17.0 Å². The normalized spacial score (nSPS) is 26.4. The highest BCUT2D eigenvalue weighted by Crippen LogP contribution is 2.25. The molecule has 0 N–H and O–H groups in total. The zero-order valence-electron chi connectivity index (χ0n) is 14.5. The van der Waals surface area contributed by atoms with Gasteiger partial charge in [0.25, 0.3) is 5.91 Å². The second-order valence-corrected chi connectivity index (χ2v) is 7.32. The van der Waals surface area contributed by atoms with Crippen LogP contribution in [0.25, 0.3) is 0 Å². The second kappa shape index (κ2) is 6.87. The number of rotatable bonds is 2. The van der Waals surface area contributed by atoms with Crippen LogP contribution in [0.15, 0.2) is 18.3 Å². The fourth-order valence-corrected chi connectivity index (χ4v) is 3.83. The molecular weight excluding hydrogens is 288 g/mol. The number of hydrogen-bond acceptors (Lipinski definition) is 4. The summed E-state index contributed by atoms with van der Waals surface area (Å²) in [5.74, 6) is 2.15. The minimum atomic E-state index is 0.144. The number of carbonyl (C=O) groups excluding carboxylic acids is 1. The Balaban J connectivity index is 1.81. The van der Waals surface area contributed by atoms with Crippen LogP contribution in [0.5, 0.6) is 0 Å². The minimum Gasteiger partial charge on any atom is -0.353 e. The summed E-state index contributed by atoms with van der Waals surface area (Å²) in [6, 6.07) is 3.82. The van der Waals surface area contributed by atoms with Gasteiger partial charge in [0.2, 0.25) is 0 Å². The Morgan fingerprint density at radius 2 is 1.78 bits per heavy atom. The molecule has 3 heterocycles. The van der Waals surface area contributed by atoms with E-state index in [4.69, 9.17) is 0 Å². The van der Waals surface area contributed by atoms with Crippen LogP contribution in [0, 0.1) is 11.8 Å². The smallest absolute Gasteiger partial charge is 0.257 e. The Morgan fingerprint density at radius 3 is 2.43 bits per heavy atom. The number of aromatic nitrogens is 1. The van der Waals surface area contributed by atoms with Crippen molar-refractivity contribution in [3.8, 4) is 0 Å². The van der Waals surface area contributed by atoms with Crippen molar-refractivity contribution in [2.24, 2.45) is 11.8 Å². The molecule has 126 valence electrons. The lowest BCUT2D eigenvalue weighted by molar-refractivity contribution is 0.0623. The highest BCUT2D eigenvalue weighted by molar-refractivity contribution is 5.99. The molecule has 0 aliphatic carbocycles. The van der Waals surface area contributed by atoms with Crippen LogP contribution < -0.4 is 4.90 Å². The molecule has 0 radical (unpaired) electrons. The highest BCUT2D eigenvalue weighted by Gasteiger charge is 2.29. The van der Waals surface area contributed by atoms with Gasteiger partial charge in [-0.1, -0.05) is 13.8 Å². The van der Waals surface area contributed by atoms with E-state index in [1.165, 1.54) is 6.42 Å². The molecule has 5 nitrogen and oxygen atoms in total. The monoisotopic (exact) mass is 316 g/mol. The third-order valence-electron chi connectivity index (χ3n) is 4.98. The van der Waals surface area contributed by atoms with Crippen molar-refractivity contribution in [2.45, 2.75) is 20.3 Å². The van der Waals surface area contributed by atoms with Gasteiger partial charge < -0.3 is 14.7 Å². The van der Waals surface area contributed by atoms with Gasteiger partial charge in [0.1, 0.15) is 5.82 Å². The maximum absolute atomic E-state index is 13.1. The van der Waals surface area contributed by atoms with Crippen LogP contribution in [0.4, 0.5) is 5.82 Å². The number of hydrogen-bond donors (Lipinski definition) is 0. The third kappa shape index (κ3) is 3.66. The Labute approximate surface area is 139 Å². The maximum atomic E-state index is 13.1. The van der Waals surface area contributed by atoms with E-state index in [1.54, 1.807) is 6.20 Å². The SMILES string of the molecule is CC1CC(C)CN(C(=O)c2cccnc2N2CCN(C)CC2)C1. The Bertz CT molecular complexity index is 544. The predicted molar refractivity (Wildman–Crippen MR) is 92.8 cm³/mol. The number of anilines is 1. The van der Waals surface area contributed by atoms with Gasteiger partial charge in [0.05, 0.1) is 5.56 Å². The number of nitrogens with zero attached hydrogens (tertiary/aromatic N) is 4. The molecule has 2 atom stereocenters. The van der Waals surface area contributed by atoms with Crippen LogP contribution in [0.3, 0.4) is 0 Å². The average Bonchev–Trinajstić information content (AvgIpc) is 2.54. The minimum absolute atomic E-state index is 0.144. The summed E-state index contributed by atoms with van der Waals surface area (Å²) >= 11 is 0. The van der Waals surface area contributed by atoms with E-state index < -0.39 is 0 Å². The van der Waals surface area contributed by atoms with Crippen molar-refractivity contribution >= 4 is 11.7 Å². The standard InChI is InChI=1S/C18H28N4O/c1-14-11-15(2)13-22(12-14)18(23)16-5-4-6-19-17(16)21-9-7-20(3)8-10-21/h4-6,14-15H,7-13H2,1-3H3. The molecule has 3 rings (SSSR count). The summed E-state index contributed by atoms with van der Waals surface area (Å²) in [5, 5.41) is 0. The molecule has 0 spiro atoms. The number of likely N-dealkylation sites (N-methyl/N-ethyl adjacent to an activating group) is 1. The highest BCUT2D eigenvalue weighted by atomic mass is 16.2. The van der Waals surface area contributed by atoms with Crippen LogP contribution in [0.2, 0.25) is 0 Å². The Kier molecular flexibility index (Phi) is 4.85. The van der Waals surface area contributed by atoms with Crippen LogP contribution in [-0.2, 0) is 0 Å². The van der Waals surface area contributed by atoms with Gasteiger partial charge in [-0.25, -0.2) is 4.98 Å². The maximum Gasteiger partial charge on any atom is 0.257 e. The summed E-state index contributed by atoms with van der Waals surface area (Å²) in [5.41, 5.74) is 0.762. The van der Waals surface area contributed by atoms with Crippen molar-refractivity contribution in [3.63, 3.8) is 0 Å². The summed E-state index contributed by atoms with van der Waals surface area (Å²) < 4.78 is 0. The topological polar surface area (TPSA) is 39.7 Å². The number of likely N-dealkylation sites (tertiary alicyclic amines) is 1. The van der Waals surface area contributed by atoms with E-state index in [-0.39, 0.29) is 5.91 Å². The number of piperazine rings is 1. The summed E-state index contributed by atoms with van der Waals surface area (Å²) in [6.45, 7) is 10.1. The quantitative estimate of drug-likeness (QED) is 0.836. The van der Waals surface area contributed by atoms with Gasteiger partial charge in [-0.05, 0) is 37.4 Å². The van der Waals surface area contributed by atoms with E-state index >= 15 is 0 Å². The predicted octanol–water partition coefficient (Wildman–Crippen LogP) is 1.95. The Hall–Kier alpha value is -1.62. The lowest BCUT2D eigenvalue weighted by atomic mass is 9.91. The van der Waals surface area contributed by atoms with Crippen LogP contribution in [0.1, 0.15) is 30.6 Å². The molecule has 0 saturated carbocycles. The zero-order chi connectivity index (χ0) is 16.4. The van der Waals surface area contributed by atoms with Gasteiger partial charge >= 0.3 is 0 Å². The first-order valence-corrected chi connectivity index (χ1v) is 8.72. The first-order valence-electron chi connectivity index (χ1n) is 8.72. The fraction of sp³-hybridized carbons (Fsp3) is 0.667. The van der Waals surface area contributed by atoms with E-state index in [0.717, 1.165) is 50.6 Å². The van der Waals surface area contributed by atoms with Gasteiger partial charge in [-0.2, -0.15) is 0 Å². The van der Waals surface area contributed by atoms with Gasteiger partial charge in [-0.3, -0.25) is 4.79 Å². The fourth-order valence-electron chi connectivity index (χ4n) is 3.83. The van der Waals surface area contributed by atoms with Crippen LogP contribution in [-0.4, -0.2) is 67.0 Å². The number of piperidine rings is 1. The molecule has 0 aromatic carbocycles. The molecule has 1 aromatic rings. The van der Waals surface area contributed by atoms with Crippen molar-refractivity contribution < 1.29 is 4.79 Å². The Morgan fingerprint density at radius 1 is 1.13 bits per heavy atom. The molecule has 2 fully saturated rings. The largest absolute Gasteiger partial charge is 0.353 e. The third-order valence-corrected chi connectivity index (χ3v) is 4.98. The molecule has 2 unspecified atom stereocenters. The van der Waals surface area contributed by atoms with Crippen molar-refractivity contribution in [1.29, 1.82) is 0 Å². The van der Waals surface area contributed by atoms with Crippen molar-refractivity contribution in [3.05, 3.63) is 23.9 Å². The van der Waals surface area contributed by atoms with Crippen molar-refractivity contribution in [1.82, 2.24) is 14.8 Å². The number of carbonyl (C=O) groups is 1. The summed E-state index contributed by atoms with van der Waals surface area (Å²) in [6.07, 6.45) is 3.01. The molecule has 1 aromatic heterocycles. The van der Waals surface area contributed by atoms with Crippen molar-refractivity contribution in [2.75, 3.05) is 51.2 Å². The molecule has 2 saturated heterocycles. The van der Waals surface area contributed by atoms with Crippen LogP contribution >= 0.6 is 0 Å². The molecule has 5 heteroatoms.